The van der Waals surface area contributed by atoms with E-state index in [1.165, 1.54) is 10.9 Å². The molecule has 0 radical (unpaired) electrons. The zero-order valence-corrected chi connectivity index (χ0v) is 27.4. The Kier molecular flexibility index (Phi) is 9.76. The fraction of sp³-hybridized carbons (Fsp3) is 0.565. The van der Waals surface area contributed by atoms with Gasteiger partial charge in [-0.15, -0.1) is 0 Å². The summed E-state index contributed by atoms with van der Waals surface area (Å²) in [6.45, 7) is 0.744. The second-order valence-electron chi connectivity index (χ2n) is 10.8. The lowest BCUT2D eigenvalue weighted by Crippen LogP contribution is -2.36. The van der Waals surface area contributed by atoms with Gasteiger partial charge in [0.25, 0.3) is 11.1 Å². The van der Waals surface area contributed by atoms with E-state index in [1.807, 2.05) is 0 Å². The molecule has 9 atom stereocenters. The molecular formula is C23H32N10O14P2. The van der Waals surface area contributed by atoms with Crippen LogP contribution in [0.25, 0.3) is 22.3 Å². The smallest absolute Gasteiger partial charge is 0.386 e. The second kappa shape index (κ2) is 13.6. The minimum Gasteiger partial charge on any atom is -0.386 e. The lowest BCUT2D eigenvalue weighted by Gasteiger charge is -2.24. The number of anilines is 2. The first-order valence-corrected chi connectivity index (χ1v) is 17.4. The first-order chi connectivity index (χ1) is 23.2. The van der Waals surface area contributed by atoms with E-state index in [2.05, 4.69) is 34.4 Å². The number of aliphatic hydroxyl groups is 1. The fourth-order valence-electron chi connectivity index (χ4n) is 5.49. The molecule has 6 heterocycles. The molecule has 6 rings (SSSR count). The minimum atomic E-state index is -5.06. The topological polar surface area (TPSA) is 339 Å². The molecule has 268 valence electrons. The maximum atomic E-state index is 13.3. The summed E-state index contributed by atoms with van der Waals surface area (Å²) in [5.74, 6) is -0.418. The van der Waals surface area contributed by atoms with Crippen LogP contribution in [0.5, 0.6) is 0 Å². The maximum absolute atomic E-state index is 13.3. The summed E-state index contributed by atoms with van der Waals surface area (Å²) in [6, 6.07) is 0. The zero-order chi connectivity index (χ0) is 35.2. The number of ether oxygens (including phenoxy) is 3. The Morgan fingerprint density at radius 3 is 2.08 bits per heavy atom. The van der Waals surface area contributed by atoms with Gasteiger partial charge in [-0.1, -0.05) is 0 Å². The number of nitrogens with zero attached hydrogens (tertiary/aromatic N) is 6. The van der Waals surface area contributed by atoms with Crippen molar-refractivity contribution in [3.05, 3.63) is 33.4 Å². The van der Waals surface area contributed by atoms with E-state index in [0.717, 1.165) is 18.0 Å². The van der Waals surface area contributed by atoms with Crippen LogP contribution in [0.4, 0.5) is 11.9 Å². The molecule has 0 spiro atoms. The summed E-state index contributed by atoms with van der Waals surface area (Å²) in [4.78, 5) is 65.8. The van der Waals surface area contributed by atoms with Gasteiger partial charge in [0, 0.05) is 20.1 Å². The van der Waals surface area contributed by atoms with Gasteiger partial charge in [0.2, 0.25) is 11.9 Å². The second-order valence-corrected chi connectivity index (χ2v) is 13.7. The third kappa shape index (κ3) is 7.17. The largest absolute Gasteiger partial charge is 0.472 e. The summed E-state index contributed by atoms with van der Waals surface area (Å²) in [5, 5.41) is 11.2. The lowest BCUT2D eigenvalue weighted by atomic mass is 10.1. The highest BCUT2D eigenvalue weighted by Gasteiger charge is 2.50. The Morgan fingerprint density at radius 2 is 1.51 bits per heavy atom. The quantitative estimate of drug-likeness (QED) is 0.0779. The van der Waals surface area contributed by atoms with Gasteiger partial charge in [-0.25, -0.2) is 19.1 Å². The van der Waals surface area contributed by atoms with Gasteiger partial charge in [0.05, 0.1) is 32.0 Å². The number of aromatic amines is 2. The number of nitrogen functional groups attached to an aromatic ring is 2. The molecule has 0 saturated carbocycles. The van der Waals surface area contributed by atoms with E-state index in [1.54, 1.807) is 6.92 Å². The number of hydrogen-bond donors (Lipinski definition) is 7. The van der Waals surface area contributed by atoms with Gasteiger partial charge < -0.3 is 40.6 Å². The van der Waals surface area contributed by atoms with Crippen molar-refractivity contribution in [2.75, 3.05) is 38.4 Å². The SMILES string of the molecule is CCO[C@@H]1C[C@@H](COP(=O)(O)O[C@H]2[C@@H](O)[C@H](n3cnc4c(=O)[nH]c(N)nc43)O[C@@H]2COP(=O)(O)OC)O[C@H]1n1cnc2c(=O)[nH]c(N)nc21. The van der Waals surface area contributed by atoms with Crippen LogP contribution in [-0.4, -0.2) is 111 Å². The van der Waals surface area contributed by atoms with Crippen molar-refractivity contribution in [3.63, 3.8) is 0 Å². The molecule has 49 heavy (non-hydrogen) atoms. The number of aliphatic hydroxyl groups excluding tert-OH is 1. The molecule has 24 nitrogen and oxygen atoms in total. The van der Waals surface area contributed by atoms with Crippen LogP contribution in [0.1, 0.15) is 25.8 Å². The van der Waals surface area contributed by atoms with Gasteiger partial charge in [-0.3, -0.25) is 46.8 Å². The Bertz CT molecular complexity index is 2050. The van der Waals surface area contributed by atoms with E-state index in [0.29, 0.717) is 0 Å². The van der Waals surface area contributed by atoms with Crippen molar-refractivity contribution in [3.8, 4) is 0 Å². The molecule has 2 saturated heterocycles. The number of phosphoric acid groups is 2. The molecule has 2 aliphatic heterocycles. The summed E-state index contributed by atoms with van der Waals surface area (Å²) >= 11 is 0. The van der Waals surface area contributed by atoms with E-state index in [4.69, 9.17) is 39.2 Å². The molecule has 2 fully saturated rings. The van der Waals surface area contributed by atoms with Gasteiger partial charge in [-0.2, -0.15) is 9.97 Å². The molecule has 2 unspecified atom stereocenters. The van der Waals surface area contributed by atoms with Crippen LogP contribution in [0.2, 0.25) is 0 Å². The third-order valence-electron chi connectivity index (χ3n) is 7.60. The van der Waals surface area contributed by atoms with E-state index in [-0.39, 0.29) is 47.3 Å². The zero-order valence-electron chi connectivity index (χ0n) is 25.6. The van der Waals surface area contributed by atoms with Crippen LogP contribution in [0, 0.1) is 0 Å². The van der Waals surface area contributed by atoms with Gasteiger partial charge in [0.1, 0.15) is 24.4 Å². The number of H-pyrrole nitrogens is 2. The van der Waals surface area contributed by atoms with Gasteiger partial charge in [0.15, 0.2) is 34.8 Å². The number of imidazole rings is 2. The predicted molar refractivity (Wildman–Crippen MR) is 162 cm³/mol. The summed E-state index contributed by atoms with van der Waals surface area (Å²) in [6.07, 6.45) is -6.23. The van der Waals surface area contributed by atoms with Crippen LogP contribution >= 0.6 is 15.6 Å². The Hall–Kier alpha value is -3.64. The number of aromatic nitrogens is 8. The molecular weight excluding hydrogens is 702 g/mol. The average Bonchev–Trinajstić information content (AvgIpc) is 3.81. The summed E-state index contributed by atoms with van der Waals surface area (Å²) in [7, 11) is -8.73. The number of nitrogens with one attached hydrogen (secondary N) is 2. The van der Waals surface area contributed by atoms with Crippen molar-refractivity contribution in [1.82, 2.24) is 39.0 Å². The minimum absolute atomic E-state index is 0.00739. The molecule has 0 bridgehead atoms. The highest BCUT2D eigenvalue weighted by molar-refractivity contribution is 7.47. The molecule has 4 aromatic rings. The Balaban J connectivity index is 1.19. The van der Waals surface area contributed by atoms with Crippen molar-refractivity contribution < 1.29 is 56.3 Å². The number of hydrogen-bond acceptors (Lipinski definition) is 18. The van der Waals surface area contributed by atoms with Crippen molar-refractivity contribution in [1.29, 1.82) is 0 Å². The van der Waals surface area contributed by atoms with Crippen LogP contribution in [-0.2, 0) is 41.4 Å². The summed E-state index contributed by atoms with van der Waals surface area (Å²) in [5.41, 5.74) is 9.98. The van der Waals surface area contributed by atoms with Crippen LogP contribution in [0.3, 0.4) is 0 Å². The highest BCUT2D eigenvalue weighted by atomic mass is 31.2. The molecule has 0 amide bonds. The molecule has 0 aliphatic carbocycles. The third-order valence-corrected chi connectivity index (χ3v) is 9.52. The van der Waals surface area contributed by atoms with Gasteiger partial charge >= 0.3 is 15.6 Å². The average molecular weight is 735 g/mol. The normalized spacial score (nSPS) is 28.3. The fourth-order valence-corrected chi connectivity index (χ4v) is 6.91. The monoisotopic (exact) mass is 734 g/mol. The van der Waals surface area contributed by atoms with E-state index < -0.39 is 83.0 Å². The number of phosphoric ester groups is 2. The standard InChI is InChI=1S/C23H32N10O14P2/c1-3-42-10-4-9(45-20(10)32-7-26-12-16(32)28-22(24)30-18(12)35)5-43-49(39,40)47-15-11(6-44-48(37,38)41-2)46-21(14(15)34)33-8-27-13-17(33)29-23(25)31-19(13)36/h7-11,14-15,20-21,34H,3-6H2,1-2H3,(H,37,38)(H,39,40)(H3,24,28,30,35)(H3,25,29,31,36)/t9-,10+,11+,14+,15+,20+,21+/m0/s1. The van der Waals surface area contributed by atoms with E-state index >= 15 is 0 Å². The predicted octanol–water partition coefficient (Wildman–Crippen LogP) is -1.37. The lowest BCUT2D eigenvalue weighted by molar-refractivity contribution is -0.0688. The maximum Gasteiger partial charge on any atom is 0.472 e. The van der Waals surface area contributed by atoms with Crippen LogP contribution < -0.4 is 22.6 Å². The van der Waals surface area contributed by atoms with Crippen molar-refractivity contribution in [2.24, 2.45) is 0 Å². The van der Waals surface area contributed by atoms with Crippen molar-refractivity contribution in [2.45, 2.75) is 56.3 Å². The Morgan fingerprint density at radius 1 is 0.939 bits per heavy atom. The highest BCUT2D eigenvalue weighted by Crippen LogP contribution is 2.50. The molecule has 26 heteroatoms. The molecule has 9 N–H and O–H groups in total. The summed E-state index contributed by atoms with van der Waals surface area (Å²) < 4.78 is 65.4. The number of nitrogens with two attached hydrogens (primary N) is 2. The van der Waals surface area contributed by atoms with Crippen LogP contribution in [0.15, 0.2) is 22.2 Å². The Labute approximate surface area is 273 Å². The van der Waals surface area contributed by atoms with Gasteiger partial charge in [-0.05, 0) is 6.92 Å². The van der Waals surface area contributed by atoms with E-state index in [9.17, 15) is 33.6 Å². The first-order valence-electron chi connectivity index (χ1n) is 14.4. The number of rotatable bonds is 13. The molecule has 2 aliphatic rings. The van der Waals surface area contributed by atoms with Crippen molar-refractivity contribution >= 4 is 49.9 Å². The molecule has 0 aromatic carbocycles. The molecule has 4 aromatic heterocycles. The first kappa shape index (κ1) is 35.2. The number of fused-ring (bicyclic) bond motifs is 2.